The quantitative estimate of drug-likeness (QED) is 0.781. The molecular formula is C16H17NOS. The highest BCUT2D eigenvalue weighted by molar-refractivity contribution is 7.17. The molecule has 2 aromatic rings. The first-order valence-electron chi connectivity index (χ1n) is 7.08. The van der Waals surface area contributed by atoms with Crippen LogP contribution in [0.25, 0.3) is 10.1 Å². The Morgan fingerprint density at radius 1 is 1.11 bits per heavy atom. The van der Waals surface area contributed by atoms with Crippen LogP contribution in [-0.2, 0) is 4.79 Å². The number of ketones is 1. The van der Waals surface area contributed by atoms with Crippen LogP contribution in [0.5, 0.6) is 0 Å². The molecule has 2 atom stereocenters. The van der Waals surface area contributed by atoms with Gasteiger partial charge in [0.05, 0.1) is 0 Å². The van der Waals surface area contributed by atoms with Crippen LogP contribution in [-0.4, -0.2) is 17.9 Å². The van der Waals surface area contributed by atoms with E-state index in [1.165, 1.54) is 35.0 Å². The van der Waals surface area contributed by atoms with Crippen LogP contribution in [0.4, 0.5) is 5.69 Å². The second-order valence-electron chi connectivity index (χ2n) is 5.74. The summed E-state index contributed by atoms with van der Waals surface area (Å²) in [7, 11) is 0. The lowest BCUT2D eigenvalue weighted by Gasteiger charge is -2.47. The molecule has 0 amide bonds. The van der Waals surface area contributed by atoms with Crippen LogP contribution in [0.1, 0.15) is 32.1 Å². The minimum atomic E-state index is 0.441. The average molecular weight is 271 g/mol. The molecule has 2 nitrogen and oxygen atoms in total. The molecule has 1 aromatic heterocycles. The smallest absolute Gasteiger partial charge is 0.137 e. The van der Waals surface area contributed by atoms with Crippen molar-refractivity contribution in [1.82, 2.24) is 0 Å². The monoisotopic (exact) mass is 271 g/mol. The van der Waals surface area contributed by atoms with E-state index >= 15 is 0 Å². The van der Waals surface area contributed by atoms with Crippen LogP contribution in [0.3, 0.4) is 0 Å². The molecule has 0 radical (unpaired) electrons. The minimum Gasteiger partial charge on any atom is -0.365 e. The molecule has 1 aromatic carbocycles. The average Bonchev–Trinajstić information content (AvgIpc) is 2.84. The number of carbonyl (C=O) groups is 1. The van der Waals surface area contributed by atoms with E-state index in [4.69, 9.17) is 0 Å². The number of nitrogens with zero attached hydrogens (tertiary/aromatic N) is 1. The number of Topliss-reactive ketones (excluding diaryl/α,β-unsaturated/α-hetero) is 1. The van der Waals surface area contributed by atoms with E-state index in [1.807, 2.05) is 0 Å². The molecule has 2 unspecified atom stereocenters. The van der Waals surface area contributed by atoms with Crippen molar-refractivity contribution in [3.8, 4) is 0 Å². The summed E-state index contributed by atoms with van der Waals surface area (Å²) >= 11 is 1.79. The predicted octanol–water partition coefficient (Wildman–Crippen LogP) is 3.99. The summed E-state index contributed by atoms with van der Waals surface area (Å²) in [4.78, 5) is 14.3. The Morgan fingerprint density at radius 2 is 1.89 bits per heavy atom. The van der Waals surface area contributed by atoms with E-state index in [0.29, 0.717) is 17.9 Å². The molecule has 4 rings (SSSR count). The number of hydrogen-bond acceptors (Lipinski definition) is 3. The number of fused-ring (bicyclic) bond motifs is 3. The van der Waals surface area contributed by atoms with Crippen LogP contribution < -0.4 is 4.90 Å². The molecule has 0 saturated carbocycles. The lowest BCUT2D eigenvalue weighted by Crippen LogP contribution is -2.52. The fourth-order valence-corrected chi connectivity index (χ4v) is 4.48. The molecule has 2 aliphatic heterocycles. The molecule has 98 valence electrons. The zero-order valence-electron chi connectivity index (χ0n) is 10.8. The van der Waals surface area contributed by atoms with E-state index in [2.05, 4.69) is 34.5 Å². The largest absolute Gasteiger partial charge is 0.365 e. The molecule has 0 aliphatic carbocycles. The highest BCUT2D eigenvalue weighted by Crippen LogP contribution is 2.37. The first-order chi connectivity index (χ1) is 9.31. The van der Waals surface area contributed by atoms with Gasteiger partial charge in [-0.2, -0.15) is 0 Å². The summed E-state index contributed by atoms with van der Waals surface area (Å²) in [6.07, 6.45) is 5.12. The van der Waals surface area contributed by atoms with E-state index in [0.717, 1.165) is 12.8 Å². The summed E-state index contributed by atoms with van der Waals surface area (Å²) in [5.41, 5.74) is 1.31. The third-order valence-corrected chi connectivity index (χ3v) is 5.42. The van der Waals surface area contributed by atoms with E-state index in [1.54, 1.807) is 11.3 Å². The van der Waals surface area contributed by atoms with Gasteiger partial charge in [0.15, 0.2) is 0 Å². The van der Waals surface area contributed by atoms with Crippen molar-refractivity contribution in [2.24, 2.45) is 0 Å². The molecule has 3 heterocycles. The number of piperidine rings is 2. The first-order valence-corrected chi connectivity index (χ1v) is 7.96. The molecule has 2 bridgehead atoms. The zero-order chi connectivity index (χ0) is 12.8. The Morgan fingerprint density at radius 3 is 2.68 bits per heavy atom. The third-order valence-electron chi connectivity index (χ3n) is 4.52. The molecule has 0 N–H and O–H groups in total. The SMILES string of the molecule is O=C1CC2CCCC(C1)N2c1ccc2sccc2c1. The van der Waals surface area contributed by atoms with Gasteiger partial charge in [0.2, 0.25) is 0 Å². The van der Waals surface area contributed by atoms with Gasteiger partial charge in [-0.15, -0.1) is 11.3 Å². The van der Waals surface area contributed by atoms with Gasteiger partial charge < -0.3 is 4.90 Å². The van der Waals surface area contributed by atoms with Crippen molar-refractivity contribution in [2.75, 3.05) is 4.90 Å². The highest BCUT2D eigenvalue weighted by atomic mass is 32.1. The Kier molecular flexibility index (Phi) is 2.62. The zero-order valence-corrected chi connectivity index (χ0v) is 11.7. The van der Waals surface area contributed by atoms with E-state index in [9.17, 15) is 4.79 Å². The van der Waals surface area contributed by atoms with Gasteiger partial charge in [0, 0.05) is 35.3 Å². The maximum Gasteiger partial charge on any atom is 0.137 e. The topological polar surface area (TPSA) is 20.3 Å². The van der Waals surface area contributed by atoms with Crippen molar-refractivity contribution in [3.05, 3.63) is 29.6 Å². The van der Waals surface area contributed by atoms with Crippen molar-refractivity contribution in [1.29, 1.82) is 0 Å². The van der Waals surface area contributed by atoms with E-state index < -0.39 is 0 Å². The lowest BCUT2D eigenvalue weighted by atomic mass is 9.83. The number of anilines is 1. The molecule has 19 heavy (non-hydrogen) atoms. The Labute approximate surface area is 117 Å². The van der Waals surface area contributed by atoms with Crippen molar-refractivity contribution < 1.29 is 4.79 Å². The van der Waals surface area contributed by atoms with Gasteiger partial charge in [0.1, 0.15) is 5.78 Å². The Bertz CT molecular complexity index is 616. The molecule has 3 heteroatoms. The summed E-state index contributed by atoms with van der Waals surface area (Å²) < 4.78 is 1.35. The molecule has 2 saturated heterocycles. The standard InChI is InChI=1S/C16H17NOS/c18-15-9-12-2-1-3-13(10-15)17(12)14-4-5-16-11(8-14)6-7-19-16/h4-8,12-13H,1-3,9-10H2. The first kappa shape index (κ1) is 11.5. The number of benzene rings is 1. The van der Waals surface area contributed by atoms with Gasteiger partial charge >= 0.3 is 0 Å². The molecular weight excluding hydrogens is 254 g/mol. The van der Waals surface area contributed by atoms with Crippen LogP contribution in [0, 0.1) is 0 Å². The predicted molar refractivity (Wildman–Crippen MR) is 80.0 cm³/mol. The fraction of sp³-hybridized carbons (Fsp3) is 0.438. The number of rotatable bonds is 1. The summed E-state index contributed by atoms with van der Waals surface area (Å²) in [5.74, 6) is 0.461. The van der Waals surface area contributed by atoms with Gasteiger partial charge in [-0.3, -0.25) is 4.79 Å². The summed E-state index contributed by atoms with van der Waals surface area (Å²) in [6.45, 7) is 0. The number of hydrogen-bond donors (Lipinski definition) is 0. The Hall–Kier alpha value is -1.35. The van der Waals surface area contributed by atoms with E-state index in [-0.39, 0.29) is 0 Å². The van der Waals surface area contributed by atoms with Crippen LogP contribution in [0.2, 0.25) is 0 Å². The molecule has 2 fully saturated rings. The van der Waals surface area contributed by atoms with Crippen LogP contribution in [0.15, 0.2) is 29.6 Å². The van der Waals surface area contributed by atoms with Gasteiger partial charge in [-0.25, -0.2) is 0 Å². The fourth-order valence-electron chi connectivity index (χ4n) is 3.71. The minimum absolute atomic E-state index is 0.441. The van der Waals surface area contributed by atoms with Gasteiger partial charge in [-0.1, -0.05) is 0 Å². The van der Waals surface area contributed by atoms with Gasteiger partial charge in [-0.05, 0) is 54.3 Å². The van der Waals surface area contributed by atoms with Gasteiger partial charge in [0.25, 0.3) is 0 Å². The lowest BCUT2D eigenvalue weighted by molar-refractivity contribution is -0.121. The summed E-state index contributed by atoms with van der Waals surface area (Å²) in [6, 6.07) is 9.83. The maximum atomic E-state index is 11.8. The summed E-state index contributed by atoms with van der Waals surface area (Å²) in [5, 5.41) is 3.48. The normalized spacial score (nSPS) is 26.9. The Balaban J connectivity index is 1.75. The van der Waals surface area contributed by atoms with Crippen molar-refractivity contribution in [2.45, 2.75) is 44.2 Å². The molecule has 2 aliphatic rings. The third kappa shape index (κ3) is 1.88. The second kappa shape index (κ2) is 4.34. The molecule has 0 spiro atoms. The number of carbonyl (C=O) groups excluding carboxylic acids is 1. The van der Waals surface area contributed by atoms with Crippen LogP contribution >= 0.6 is 11.3 Å². The van der Waals surface area contributed by atoms with Crippen molar-refractivity contribution >= 4 is 32.9 Å². The highest BCUT2D eigenvalue weighted by Gasteiger charge is 2.37. The maximum absolute atomic E-state index is 11.8. The second-order valence-corrected chi connectivity index (χ2v) is 6.68. The number of thiophene rings is 1. The van der Waals surface area contributed by atoms with Crippen molar-refractivity contribution in [3.63, 3.8) is 0 Å².